The molecule has 9 heteroatoms. The third-order valence-corrected chi connectivity index (χ3v) is 6.79. The Bertz CT molecular complexity index is 968. The van der Waals surface area contributed by atoms with E-state index >= 15 is 0 Å². The van der Waals surface area contributed by atoms with Gasteiger partial charge in [-0.3, -0.25) is 0 Å². The van der Waals surface area contributed by atoms with Crippen LogP contribution in [0, 0.1) is 5.92 Å². The molecule has 1 aliphatic carbocycles. The van der Waals surface area contributed by atoms with E-state index in [4.69, 9.17) is 4.74 Å². The molecule has 3 aliphatic rings. The second-order valence-electron chi connectivity index (χ2n) is 10.3. The molecule has 1 unspecified atom stereocenters. The molecule has 0 saturated carbocycles. The van der Waals surface area contributed by atoms with Gasteiger partial charge in [0, 0.05) is 38.7 Å². The molecule has 3 heterocycles. The first-order chi connectivity index (χ1) is 15.9. The van der Waals surface area contributed by atoms with Crippen molar-refractivity contribution in [3.63, 3.8) is 0 Å². The van der Waals surface area contributed by atoms with Crippen molar-refractivity contribution >= 4 is 11.9 Å². The Balaban J connectivity index is 1.46. The summed E-state index contributed by atoms with van der Waals surface area (Å²) in [6.07, 6.45) is 4.67. The van der Waals surface area contributed by atoms with Crippen molar-refractivity contribution in [2.24, 2.45) is 5.92 Å². The predicted octanol–water partition coefficient (Wildman–Crippen LogP) is 4.94. The van der Waals surface area contributed by atoms with Gasteiger partial charge in [0.15, 0.2) is 0 Å². The summed E-state index contributed by atoms with van der Waals surface area (Å²) < 4.78 is 44.6. The molecule has 2 saturated heterocycles. The van der Waals surface area contributed by atoms with E-state index in [9.17, 15) is 23.1 Å². The van der Waals surface area contributed by atoms with Crippen molar-refractivity contribution in [2.45, 2.75) is 69.9 Å². The molecular formula is C25H32F3N3O3. The van der Waals surface area contributed by atoms with Gasteiger partial charge < -0.3 is 19.6 Å². The Morgan fingerprint density at radius 3 is 2.62 bits per heavy atom. The zero-order chi connectivity index (χ0) is 24.7. The number of ether oxygens (including phenoxy) is 1. The van der Waals surface area contributed by atoms with Crippen LogP contribution in [0.3, 0.4) is 0 Å². The number of amides is 1. The molecule has 34 heavy (non-hydrogen) atoms. The van der Waals surface area contributed by atoms with Gasteiger partial charge >= 0.3 is 12.3 Å². The number of hydrogen-bond donors (Lipinski definition) is 1. The summed E-state index contributed by atoms with van der Waals surface area (Å²) in [4.78, 5) is 20.8. The zero-order valence-corrected chi connectivity index (χ0v) is 19.8. The molecule has 2 fully saturated rings. The number of aliphatic hydroxyl groups is 1. The van der Waals surface area contributed by atoms with E-state index in [2.05, 4.69) is 24.1 Å². The number of pyridine rings is 1. The molecule has 1 N–H and O–H groups in total. The van der Waals surface area contributed by atoms with Gasteiger partial charge in [-0.2, -0.15) is 13.2 Å². The first kappa shape index (κ1) is 24.6. The minimum atomic E-state index is -4.42. The van der Waals surface area contributed by atoms with Crippen molar-refractivity contribution in [1.82, 2.24) is 9.88 Å². The largest absolute Gasteiger partial charge is 0.438 e. The number of anilines is 1. The van der Waals surface area contributed by atoms with Gasteiger partial charge in [-0.05, 0) is 50.3 Å². The fourth-order valence-electron chi connectivity index (χ4n) is 5.22. The fourth-order valence-corrected chi connectivity index (χ4v) is 5.22. The Morgan fingerprint density at radius 2 is 2.03 bits per heavy atom. The quantitative estimate of drug-likeness (QED) is 0.648. The maximum absolute atomic E-state index is 13.2. The third-order valence-electron chi connectivity index (χ3n) is 6.79. The van der Waals surface area contributed by atoms with Crippen LogP contribution in [-0.2, 0) is 10.9 Å². The maximum Gasteiger partial charge on any atom is 0.417 e. The number of rotatable bonds is 5. The van der Waals surface area contributed by atoms with E-state index in [-0.39, 0.29) is 6.04 Å². The highest BCUT2D eigenvalue weighted by atomic mass is 19.4. The van der Waals surface area contributed by atoms with Crippen molar-refractivity contribution in [3.05, 3.63) is 47.7 Å². The molecule has 3 atom stereocenters. The van der Waals surface area contributed by atoms with Crippen molar-refractivity contribution in [2.75, 3.05) is 24.5 Å². The highest BCUT2D eigenvalue weighted by Gasteiger charge is 2.48. The van der Waals surface area contributed by atoms with E-state index in [0.717, 1.165) is 24.3 Å². The van der Waals surface area contributed by atoms with Gasteiger partial charge in [0.1, 0.15) is 11.4 Å². The summed E-state index contributed by atoms with van der Waals surface area (Å²) in [6.45, 7) is 7.10. The number of carbonyl (C=O) groups is 1. The van der Waals surface area contributed by atoms with Gasteiger partial charge in [0.05, 0.1) is 17.2 Å². The lowest BCUT2D eigenvalue weighted by atomic mass is 9.77. The second-order valence-corrected chi connectivity index (χ2v) is 10.3. The molecule has 186 valence electrons. The van der Waals surface area contributed by atoms with E-state index in [1.54, 1.807) is 18.7 Å². The van der Waals surface area contributed by atoms with Crippen LogP contribution >= 0.6 is 0 Å². The fraction of sp³-hybridized carbons (Fsp3) is 0.600. The smallest absolute Gasteiger partial charge is 0.417 e. The Morgan fingerprint density at radius 1 is 1.26 bits per heavy atom. The van der Waals surface area contributed by atoms with Crippen molar-refractivity contribution in [1.29, 1.82) is 0 Å². The lowest BCUT2D eigenvalue weighted by molar-refractivity contribution is -0.137. The number of allylic oxidation sites excluding steroid dienone is 2. The molecule has 1 aromatic rings. The summed E-state index contributed by atoms with van der Waals surface area (Å²) in [5.41, 5.74) is -1.75. The summed E-state index contributed by atoms with van der Waals surface area (Å²) >= 11 is 0. The van der Waals surface area contributed by atoms with Crippen LogP contribution in [0.2, 0.25) is 0 Å². The van der Waals surface area contributed by atoms with Crippen LogP contribution < -0.4 is 4.90 Å². The van der Waals surface area contributed by atoms with Gasteiger partial charge in [0.25, 0.3) is 0 Å². The first-order valence-corrected chi connectivity index (χ1v) is 11.8. The Kier molecular flexibility index (Phi) is 6.44. The standard InChI is InChI=1S/C25H32F3N3O3/c1-17-5-4-6-18(13-17)24(16-23(2,3)33)10-12-31(22(32)34-24)20-9-11-30(15-20)21-8-7-19(14-29-21)25(26,27)28/h4,6-8,13-14,17,20,33H,5,9-12,15-16H2,1-3H3/t17?,20-,24-/m0/s1. The lowest BCUT2D eigenvalue weighted by Crippen LogP contribution is -2.56. The summed E-state index contributed by atoms with van der Waals surface area (Å²) in [7, 11) is 0. The van der Waals surface area contributed by atoms with Crippen molar-refractivity contribution in [3.8, 4) is 0 Å². The summed E-state index contributed by atoms with van der Waals surface area (Å²) in [5.74, 6) is 0.791. The molecule has 0 bridgehead atoms. The Hall–Kier alpha value is -2.55. The third kappa shape index (κ3) is 5.24. The number of hydrogen-bond acceptors (Lipinski definition) is 5. The predicted molar refractivity (Wildman–Crippen MR) is 122 cm³/mol. The van der Waals surface area contributed by atoms with Crippen molar-refractivity contribution < 1.29 is 27.8 Å². The highest BCUT2D eigenvalue weighted by Crippen LogP contribution is 2.41. The average Bonchev–Trinajstić information content (AvgIpc) is 3.22. The molecule has 0 spiro atoms. The number of cyclic esters (lactones) is 1. The SMILES string of the molecule is CC1C=C([C@@]2(CC(C)(C)O)CCN([C@H]3CCN(c4ccc(C(F)(F)F)cn4)C3)C(=O)O2)C=CC1. The number of aromatic nitrogens is 1. The number of halogens is 3. The molecule has 1 aromatic heterocycles. The number of carbonyl (C=O) groups excluding carboxylic acids is 1. The van der Waals surface area contributed by atoms with Crippen LogP contribution in [0.15, 0.2) is 42.1 Å². The Labute approximate surface area is 198 Å². The van der Waals surface area contributed by atoms with E-state index in [1.807, 2.05) is 11.0 Å². The zero-order valence-electron chi connectivity index (χ0n) is 19.8. The minimum absolute atomic E-state index is 0.119. The topological polar surface area (TPSA) is 65.9 Å². The first-order valence-electron chi connectivity index (χ1n) is 11.8. The van der Waals surface area contributed by atoms with Crippen LogP contribution in [0.4, 0.5) is 23.8 Å². The van der Waals surface area contributed by atoms with Gasteiger partial charge in [0.2, 0.25) is 0 Å². The van der Waals surface area contributed by atoms with Crippen LogP contribution in [-0.4, -0.2) is 58.0 Å². The van der Waals surface area contributed by atoms with Crippen LogP contribution in [0.1, 0.15) is 52.0 Å². The highest BCUT2D eigenvalue weighted by molar-refractivity contribution is 5.71. The summed E-state index contributed by atoms with van der Waals surface area (Å²) in [6, 6.07) is 2.28. The molecule has 1 amide bonds. The molecule has 0 aromatic carbocycles. The second kappa shape index (κ2) is 8.91. The van der Waals surface area contributed by atoms with E-state index in [1.165, 1.54) is 6.07 Å². The molecular weight excluding hydrogens is 447 g/mol. The molecule has 2 aliphatic heterocycles. The molecule has 0 radical (unpaired) electrons. The number of nitrogens with zero attached hydrogens (tertiary/aromatic N) is 3. The van der Waals surface area contributed by atoms with Gasteiger partial charge in [-0.25, -0.2) is 9.78 Å². The molecule has 4 rings (SSSR count). The average molecular weight is 480 g/mol. The van der Waals surface area contributed by atoms with E-state index < -0.39 is 29.0 Å². The van der Waals surface area contributed by atoms with Gasteiger partial charge in [-0.1, -0.05) is 25.2 Å². The monoisotopic (exact) mass is 479 g/mol. The van der Waals surface area contributed by atoms with Crippen LogP contribution in [0.25, 0.3) is 0 Å². The van der Waals surface area contributed by atoms with Gasteiger partial charge in [-0.15, -0.1) is 0 Å². The lowest BCUT2D eigenvalue weighted by Gasteiger charge is -2.46. The van der Waals surface area contributed by atoms with Crippen LogP contribution in [0.5, 0.6) is 0 Å². The normalized spacial score (nSPS) is 28.2. The minimum Gasteiger partial charge on any atom is -0.438 e. The van der Waals surface area contributed by atoms with E-state index in [0.29, 0.717) is 50.6 Å². The summed E-state index contributed by atoms with van der Waals surface area (Å²) in [5, 5.41) is 10.6. The molecule has 6 nitrogen and oxygen atoms in total. The maximum atomic E-state index is 13.2. The number of alkyl halides is 3.